The first-order valence-corrected chi connectivity index (χ1v) is 16.5. The standard InChI is InChI=1S/C33H34ClN3O7S/c1-20-31(34)26(21-6-5-7-21)18-29(43-4)32(20)37-27-12-11-25(16-22(27)9-13-30(37)38)45(39,40)36(33-35-14-15-44-33)19-23-8-10-24(41-2)17-28(23)42-3/h8-18,20-21,31H,5-7,19H2,1-4H3. The third kappa shape index (κ3) is 5.48. The van der Waals surface area contributed by atoms with Gasteiger partial charge in [-0.05, 0) is 66.8 Å². The molecule has 2 unspecified atom stereocenters. The average molecular weight is 652 g/mol. The predicted octanol–water partition coefficient (Wildman–Crippen LogP) is 6.20. The molecule has 10 nitrogen and oxygen atoms in total. The molecule has 45 heavy (non-hydrogen) atoms. The van der Waals surface area contributed by atoms with Gasteiger partial charge in [0.2, 0.25) is 0 Å². The van der Waals surface area contributed by atoms with Crippen molar-refractivity contribution in [3.8, 4) is 11.5 Å². The van der Waals surface area contributed by atoms with Gasteiger partial charge in [0.25, 0.3) is 15.6 Å². The Morgan fingerprint density at radius 1 is 1.04 bits per heavy atom. The van der Waals surface area contributed by atoms with E-state index in [1.807, 2.05) is 13.0 Å². The number of allylic oxidation sites excluding steroid dienone is 3. The van der Waals surface area contributed by atoms with E-state index in [9.17, 15) is 13.2 Å². The fraction of sp³-hybridized carbons (Fsp3) is 0.333. The Morgan fingerprint density at radius 2 is 1.84 bits per heavy atom. The number of fused-ring (bicyclic) bond motifs is 1. The quantitative estimate of drug-likeness (QED) is 0.186. The van der Waals surface area contributed by atoms with Crippen molar-refractivity contribution in [1.29, 1.82) is 0 Å². The van der Waals surface area contributed by atoms with E-state index in [1.165, 1.54) is 51.3 Å². The zero-order valence-corrected chi connectivity index (χ0v) is 27.0. The van der Waals surface area contributed by atoms with Crippen molar-refractivity contribution in [2.75, 3.05) is 25.6 Å². The van der Waals surface area contributed by atoms with Crippen molar-refractivity contribution in [2.24, 2.45) is 11.8 Å². The number of rotatable bonds is 10. The number of methoxy groups -OCH3 is 3. The van der Waals surface area contributed by atoms with E-state index >= 15 is 0 Å². The van der Waals surface area contributed by atoms with Crippen molar-refractivity contribution >= 4 is 44.2 Å². The number of anilines is 1. The van der Waals surface area contributed by atoms with Gasteiger partial charge in [-0.15, -0.1) is 11.6 Å². The van der Waals surface area contributed by atoms with Crippen molar-refractivity contribution in [2.45, 2.75) is 43.0 Å². The van der Waals surface area contributed by atoms with Gasteiger partial charge in [-0.25, -0.2) is 17.7 Å². The highest BCUT2D eigenvalue weighted by molar-refractivity contribution is 7.92. The molecular formula is C33H34ClN3O7S. The summed E-state index contributed by atoms with van der Waals surface area (Å²) in [5.41, 5.74) is 2.61. The molecule has 0 spiro atoms. The van der Waals surface area contributed by atoms with Gasteiger partial charge in [-0.1, -0.05) is 13.3 Å². The molecular weight excluding hydrogens is 618 g/mol. The minimum absolute atomic E-state index is 0.00843. The molecule has 0 aliphatic heterocycles. The molecule has 1 fully saturated rings. The minimum atomic E-state index is -4.21. The largest absolute Gasteiger partial charge is 0.497 e. The Bertz CT molecular complexity index is 1960. The lowest BCUT2D eigenvalue weighted by molar-refractivity contribution is 0.292. The molecule has 0 radical (unpaired) electrons. The van der Waals surface area contributed by atoms with Crippen LogP contribution in [0.3, 0.4) is 0 Å². The Balaban J connectivity index is 1.45. The summed E-state index contributed by atoms with van der Waals surface area (Å²) in [5.74, 6) is 1.78. The van der Waals surface area contributed by atoms with E-state index in [-0.39, 0.29) is 34.3 Å². The summed E-state index contributed by atoms with van der Waals surface area (Å²) in [6.45, 7) is 1.87. The maximum absolute atomic E-state index is 14.2. The monoisotopic (exact) mass is 651 g/mol. The number of halogens is 1. The summed E-state index contributed by atoms with van der Waals surface area (Å²) >= 11 is 7.00. The van der Waals surface area contributed by atoms with Gasteiger partial charge in [0.15, 0.2) is 0 Å². The van der Waals surface area contributed by atoms with Crippen LogP contribution in [-0.2, 0) is 21.3 Å². The van der Waals surface area contributed by atoms with E-state index in [4.69, 9.17) is 30.2 Å². The topological polar surface area (TPSA) is 113 Å². The van der Waals surface area contributed by atoms with Gasteiger partial charge in [0, 0.05) is 29.0 Å². The molecule has 0 N–H and O–H groups in total. The van der Waals surface area contributed by atoms with E-state index in [1.54, 1.807) is 42.0 Å². The first kappa shape index (κ1) is 30.8. The lowest BCUT2D eigenvalue weighted by Crippen LogP contribution is -2.33. The number of nitrogens with zero attached hydrogens (tertiary/aromatic N) is 3. The van der Waals surface area contributed by atoms with Gasteiger partial charge in [-0.2, -0.15) is 0 Å². The van der Waals surface area contributed by atoms with E-state index in [2.05, 4.69) is 4.98 Å². The van der Waals surface area contributed by atoms with Crippen LogP contribution < -0.4 is 19.3 Å². The summed E-state index contributed by atoms with van der Waals surface area (Å²) in [5, 5.41) is 0.246. The minimum Gasteiger partial charge on any atom is -0.497 e. The number of pyridine rings is 1. The number of oxazole rings is 1. The number of ether oxygens (including phenoxy) is 3. The van der Waals surface area contributed by atoms with Gasteiger partial charge in [0.1, 0.15) is 23.5 Å². The number of benzene rings is 2. The van der Waals surface area contributed by atoms with Crippen LogP contribution in [-0.4, -0.2) is 44.7 Å². The molecule has 2 aliphatic carbocycles. The Labute approximate surface area is 266 Å². The molecule has 12 heteroatoms. The van der Waals surface area contributed by atoms with Crippen molar-refractivity contribution in [3.05, 3.63) is 94.3 Å². The van der Waals surface area contributed by atoms with Gasteiger partial charge in [0.05, 0.1) is 55.6 Å². The van der Waals surface area contributed by atoms with Crippen molar-refractivity contribution in [3.63, 3.8) is 0 Å². The molecule has 4 aromatic rings. The number of sulfonamides is 1. The Hall–Kier alpha value is -4.22. The highest BCUT2D eigenvalue weighted by Crippen LogP contribution is 2.45. The van der Waals surface area contributed by atoms with Crippen molar-refractivity contribution in [1.82, 2.24) is 9.55 Å². The molecule has 2 heterocycles. The second-order valence-corrected chi connectivity index (χ2v) is 13.5. The van der Waals surface area contributed by atoms with Crippen LogP contribution in [0.1, 0.15) is 31.7 Å². The second-order valence-electron chi connectivity index (χ2n) is 11.1. The maximum atomic E-state index is 14.2. The van der Waals surface area contributed by atoms with Gasteiger partial charge >= 0.3 is 6.01 Å². The fourth-order valence-electron chi connectivity index (χ4n) is 6.01. The second kappa shape index (κ2) is 12.3. The smallest absolute Gasteiger partial charge is 0.311 e. The van der Waals surface area contributed by atoms with Crippen LogP contribution in [0.25, 0.3) is 16.6 Å². The molecule has 2 aromatic heterocycles. The molecule has 0 amide bonds. The van der Waals surface area contributed by atoms with E-state index in [0.29, 0.717) is 45.3 Å². The molecule has 6 rings (SSSR count). The summed E-state index contributed by atoms with van der Waals surface area (Å²) < 4.78 is 53.2. The van der Waals surface area contributed by atoms with Crippen LogP contribution in [0.4, 0.5) is 6.01 Å². The van der Waals surface area contributed by atoms with Crippen molar-refractivity contribution < 1.29 is 27.0 Å². The Morgan fingerprint density at radius 3 is 2.49 bits per heavy atom. The predicted molar refractivity (Wildman–Crippen MR) is 172 cm³/mol. The third-order valence-corrected chi connectivity index (χ3v) is 11.0. The molecule has 2 aromatic carbocycles. The summed E-state index contributed by atoms with van der Waals surface area (Å²) in [7, 11) is 0.407. The summed E-state index contributed by atoms with van der Waals surface area (Å²) in [6, 6.07) is 12.7. The van der Waals surface area contributed by atoms with Crippen LogP contribution >= 0.6 is 11.6 Å². The number of aromatic nitrogens is 2. The molecule has 0 bridgehead atoms. The zero-order chi connectivity index (χ0) is 31.9. The molecule has 236 valence electrons. The molecule has 1 saturated carbocycles. The van der Waals surface area contributed by atoms with Crippen LogP contribution in [0.15, 0.2) is 92.5 Å². The maximum Gasteiger partial charge on any atom is 0.311 e. The van der Waals surface area contributed by atoms with Crippen LogP contribution in [0, 0.1) is 11.8 Å². The average Bonchev–Trinajstić information content (AvgIpc) is 3.56. The first-order valence-electron chi connectivity index (χ1n) is 14.6. The van der Waals surface area contributed by atoms with Gasteiger partial charge < -0.3 is 18.6 Å². The summed E-state index contributed by atoms with van der Waals surface area (Å²) in [4.78, 5) is 17.6. The normalized spacial score (nSPS) is 18.8. The third-order valence-electron chi connectivity index (χ3n) is 8.67. The highest BCUT2D eigenvalue weighted by Gasteiger charge is 2.37. The van der Waals surface area contributed by atoms with E-state index in [0.717, 1.165) is 22.7 Å². The Kier molecular flexibility index (Phi) is 8.41. The molecule has 0 saturated heterocycles. The van der Waals surface area contributed by atoms with Crippen LogP contribution in [0.5, 0.6) is 11.5 Å². The zero-order valence-electron chi connectivity index (χ0n) is 25.4. The fourth-order valence-corrected chi connectivity index (χ4v) is 7.75. The highest BCUT2D eigenvalue weighted by atomic mass is 35.5. The van der Waals surface area contributed by atoms with Crippen LogP contribution in [0.2, 0.25) is 0 Å². The number of hydrogen-bond acceptors (Lipinski definition) is 8. The SMILES string of the molecule is COC1=C(n2c(=O)ccc3cc(S(=O)(=O)N(Cc4ccc(OC)cc4OC)c4ncco4)ccc32)C(C)C(Cl)C(C2CCC2)=C1. The lowest BCUT2D eigenvalue weighted by atomic mass is 9.74. The number of hydrogen-bond donors (Lipinski definition) is 0. The van der Waals surface area contributed by atoms with E-state index < -0.39 is 10.0 Å². The summed E-state index contributed by atoms with van der Waals surface area (Å²) in [6.07, 6.45) is 8.02. The first-order chi connectivity index (χ1) is 21.7. The van der Waals surface area contributed by atoms with Gasteiger partial charge in [-0.3, -0.25) is 9.36 Å². The molecule has 2 aliphatic rings. The lowest BCUT2D eigenvalue weighted by Gasteiger charge is -2.37. The number of alkyl halides is 1. The molecule has 2 atom stereocenters.